The number of nitrogens with zero attached hydrogens (tertiary/aromatic N) is 2. The van der Waals surface area contributed by atoms with Crippen LogP contribution in [0, 0.1) is 5.92 Å². The van der Waals surface area contributed by atoms with Crippen LogP contribution in [0.3, 0.4) is 0 Å². The fraction of sp³-hybridized carbons (Fsp3) is 0.333. The fourth-order valence-corrected chi connectivity index (χ4v) is 4.41. The molecule has 0 aliphatic heterocycles. The average molecular weight is 406 g/mol. The van der Waals surface area contributed by atoms with E-state index in [0.29, 0.717) is 10.2 Å². The lowest BCUT2D eigenvalue weighted by Gasteiger charge is -2.20. The van der Waals surface area contributed by atoms with Crippen molar-refractivity contribution in [3.8, 4) is 10.4 Å². The summed E-state index contributed by atoms with van der Waals surface area (Å²) in [6.07, 6.45) is 1.36. The van der Waals surface area contributed by atoms with Crippen molar-refractivity contribution in [1.29, 1.82) is 0 Å². The number of amides is 1. The van der Waals surface area contributed by atoms with Crippen molar-refractivity contribution in [1.82, 2.24) is 14.9 Å². The molecule has 1 atom stereocenters. The number of hydrogen-bond donors (Lipinski definition) is 1. The van der Waals surface area contributed by atoms with E-state index in [1.807, 2.05) is 22.9 Å². The van der Waals surface area contributed by atoms with Crippen LogP contribution in [0.4, 0.5) is 0 Å². The van der Waals surface area contributed by atoms with Crippen LogP contribution in [0.25, 0.3) is 20.7 Å². The minimum Gasteiger partial charge on any atom is -0.467 e. The number of hydrogen-bond acceptors (Lipinski definition) is 7. The van der Waals surface area contributed by atoms with Crippen LogP contribution in [0.1, 0.15) is 13.8 Å². The Hall–Kier alpha value is -2.52. The SMILES string of the molecule is COC(=O)[C@H](NC(=O)Cn1cnc2scc(-c3cccs3)c2c1=O)C(C)C. The molecule has 0 fully saturated rings. The van der Waals surface area contributed by atoms with Crippen molar-refractivity contribution in [2.45, 2.75) is 26.4 Å². The van der Waals surface area contributed by atoms with Crippen LogP contribution in [-0.2, 0) is 20.9 Å². The van der Waals surface area contributed by atoms with E-state index in [1.165, 1.54) is 29.3 Å². The van der Waals surface area contributed by atoms with E-state index in [4.69, 9.17) is 4.74 Å². The second-order valence-electron chi connectivity index (χ2n) is 6.30. The maximum absolute atomic E-state index is 12.9. The Balaban J connectivity index is 1.88. The maximum atomic E-state index is 12.9. The third-order valence-corrected chi connectivity index (χ3v) is 5.89. The average Bonchev–Trinajstić information content (AvgIpc) is 3.30. The number of rotatable bonds is 6. The highest BCUT2D eigenvalue weighted by Gasteiger charge is 2.25. The van der Waals surface area contributed by atoms with Gasteiger partial charge in [-0.3, -0.25) is 14.2 Å². The van der Waals surface area contributed by atoms with E-state index >= 15 is 0 Å². The maximum Gasteiger partial charge on any atom is 0.328 e. The molecule has 0 saturated carbocycles. The van der Waals surface area contributed by atoms with Gasteiger partial charge in [0.2, 0.25) is 5.91 Å². The standard InChI is InChI=1S/C18H19N3O4S2/c1-10(2)15(18(24)25-3)20-13(22)7-21-9-19-16-14(17(21)23)11(8-27-16)12-5-4-6-26-12/h4-6,8-10,15H,7H2,1-3H3,(H,20,22)/t15-/m1/s1. The van der Waals surface area contributed by atoms with E-state index in [-0.39, 0.29) is 18.0 Å². The number of carbonyl (C=O) groups is 2. The second-order valence-corrected chi connectivity index (χ2v) is 8.10. The molecule has 3 rings (SSSR count). The number of aromatic nitrogens is 2. The van der Waals surface area contributed by atoms with Crippen LogP contribution < -0.4 is 10.9 Å². The van der Waals surface area contributed by atoms with Gasteiger partial charge in [-0.1, -0.05) is 19.9 Å². The predicted molar refractivity (Wildman–Crippen MR) is 106 cm³/mol. The number of esters is 1. The minimum absolute atomic E-state index is 0.138. The Bertz CT molecular complexity index is 1020. The van der Waals surface area contributed by atoms with Crippen molar-refractivity contribution in [2.75, 3.05) is 7.11 Å². The van der Waals surface area contributed by atoms with E-state index in [2.05, 4.69) is 10.3 Å². The molecule has 27 heavy (non-hydrogen) atoms. The molecule has 0 bridgehead atoms. The Morgan fingerprint density at radius 1 is 1.33 bits per heavy atom. The van der Waals surface area contributed by atoms with Crippen molar-refractivity contribution in [3.63, 3.8) is 0 Å². The molecular formula is C18H19N3O4S2. The molecule has 0 aliphatic carbocycles. The number of thiophene rings is 2. The quantitative estimate of drug-likeness (QED) is 0.637. The zero-order valence-corrected chi connectivity index (χ0v) is 16.7. The summed E-state index contributed by atoms with van der Waals surface area (Å²) in [5, 5.41) is 6.98. The summed E-state index contributed by atoms with van der Waals surface area (Å²) in [5.74, 6) is -1.10. The van der Waals surface area contributed by atoms with Crippen LogP contribution in [-0.4, -0.2) is 34.6 Å². The molecule has 3 aromatic rings. The van der Waals surface area contributed by atoms with E-state index < -0.39 is 17.9 Å². The largest absolute Gasteiger partial charge is 0.467 e. The van der Waals surface area contributed by atoms with Crippen molar-refractivity contribution in [3.05, 3.63) is 39.6 Å². The highest BCUT2D eigenvalue weighted by Crippen LogP contribution is 2.33. The zero-order valence-electron chi connectivity index (χ0n) is 15.1. The van der Waals surface area contributed by atoms with Gasteiger partial charge in [-0.25, -0.2) is 9.78 Å². The zero-order chi connectivity index (χ0) is 19.6. The van der Waals surface area contributed by atoms with E-state index in [0.717, 1.165) is 10.4 Å². The summed E-state index contributed by atoms with van der Waals surface area (Å²) in [6.45, 7) is 3.39. The van der Waals surface area contributed by atoms with E-state index in [9.17, 15) is 14.4 Å². The Labute approximate surface area is 163 Å². The highest BCUT2D eigenvalue weighted by molar-refractivity contribution is 7.18. The smallest absolute Gasteiger partial charge is 0.328 e. The minimum atomic E-state index is -0.766. The van der Waals surface area contributed by atoms with Gasteiger partial charge in [0.1, 0.15) is 17.4 Å². The fourth-order valence-electron chi connectivity index (χ4n) is 2.69. The predicted octanol–water partition coefficient (Wildman–Crippen LogP) is 2.50. The van der Waals surface area contributed by atoms with E-state index in [1.54, 1.807) is 25.2 Å². The highest BCUT2D eigenvalue weighted by atomic mass is 32.1. The molecule has 1 amide bonds. The number of methoxy groups -OCH3 is 1. The molecule has 0 saturated heterocycles. The summed E-state index contributed by atoms with van der Waals surface area (Å²) >= 11 is 2.94. The molecule has 3 aromatic heterocycles. The number of nitrogens with one attached hydrogen (secondary N) is 1. The Morgan fingerprint density at radius 3 is 2.74 bits per heavy atom. The van der Waals surface area contributed by atoms with Crippen LogP contribution in [0.5, 0.6) is 0 Å². The Morgan fingerprint density at radius 2 is 2.11 bits per heavy atom. The molecule has 1 N–H and O–H groups in total. The molecule has 0 radical (unpaired) electrons. The van der Waals surface area contributed by atoms with Gasteiger partial charge >= 0.3 is 5.97 Å². The van der Waals surface area contributed by atoms with Gasteiger partial charge in [0.25, 0.3) is 5.56 Å². The van der Waals surface area contributed by atoms with Gasteiger partial charge in [-0.05, 0) is 17.4 Å². The van der Waals surface area contributed by atoms with Crippen molar-refractivity contribution < 1.29 is 14.3 Å². The topological polar surface area (TPSA) is 90.3 Å². The first-order valence-corrected chi connectivity index (χ1v) is 10.1. The van der Waals surface area contributed by atoms with Gasteiger partial charge in [0, 0.05) is 15.8 Å². The van der Waals surface area contributed by atoms with Gasteiger partial charge < -0.3 is 10.1 Å². The summed E-state index contributed by atoms with van der Waals surface area (Å²) in [5.41, 5.74) is 0.547. The lowest BCUT2D eigenvalue weighted by Crippen LogP contribution is -2.46. The molecule has 7 nitrogen and oxygen atoms in total. The molecular weight excluding hydrogens is 386 g/mol. The lowest BCUT2D eigenvalue weighted by molar-refractivity contribution is -0.146. The van der Waals surface area contributed by atoms with Gasteiger partial charge in [-0.15, -0.1) is 22.7 Å². The molecule has 3 heterocycles. The molecule has 142 valence electrons. The van der Waals surface area contributed by atoms with Crippen LogP contribution in [0.15, 0.2) is 34.0 Å². The number of ether oxygens (including phenoxy) is 1. The first kappa shape index (κ1) is 19.2. The van der Waals surface area contributed by atoms with Gasteiger partial charge in [0.15, 0.2) is 0 Å². The normalized spacial score (nSPS) is 12.3. The molecule has 0 aromatic carbocycles. The number of carbonyl (C=O) groups excluding carboxylic acids is 2. The third-order valence-electron chi connectivity index (χ3n) is 4.10. The molecule has 9 heteroatoms. The molecule has 0 aliphatic rings. The Kier molecular flexibility index (Phi) is 5.71. The first-order valence-electron chi connectivity index (χ1n) is 8.30. The monoisotopic (exact) mass is 405 g/mol. The lowest BCUT2D eigenvalue weighted by atomic mass is 10.0. The third kappa shape index (κ3) is 3.93. The summed E-state index contributed by atoms with van der Waals surface area (Å²) < 4.78 is 5.98. The van der Waals surface area contributed by atoms with Crippen molar-refractivity contribution >= 4 is 44.8 Å². The molecule has 0 unspecified atom stereocenters. The summed E-state index contributed by atoms with van der Waals surface area (Å²) in [6, 6.07) is 3.10. The van der Waals surface area contributed by atoms with Gasteiger partial charge in [-0.2, -0.15) is 0 Å². The van der Waals surface area contributed by atoms with Crippen LogP contribution >= 0.6 is 22.7 Å². The first-order chi connectivity index (χ1) is 12.9. The molecule has 0 spiro atoms. The summed E-state index contributed by atoms with van der Waals surface area (Å²) in [4.78, 5) is 43.0. The van der Waals surface area contributed by atoms with Crippen molar-refractivity contribution in [2.24, 2.45) is 5.92 Å². The number of fused-ring (bicyclic) bond motifs is 1. The summed E-state index contributed by atoms with van der Waals surface area (Å²) in [7, 11) is 1.27. The van der Waals surface area contributed by atoms with Gasteiger partial charge in [0.05, 0.1) is 18.8 Å². The van der Waals surface area contributed by atoms with Crippen LogP contribution in [0.2, 0.25) is 0 Å². The second kappa shape index (κ2) is 8.01.